The van der Waals surface area contributed by atoms with Crippen molar-refractivity contribution in [2.45, 2.75) is 239 Å². The van der Waals surface area contributed by atoms with Crippen LogP contribution in [0.25, 0.3) is 0 Å². The second-order valence-corrected chi connectivity index (χ2v) is 19.4. The van der Waals surface area contributed by atoms with E-state index in [2.05, 4.69) is 34.6 Å². The third kappa shape index (κ3) is 25.5. The van der Waals surface area contributed by atoms with Crippen LogP contribution in [0.5, 0.6) is 0 Å². The monoisotopic (exact) mass is 597 g/mol. The van der Waals surface area contributed by atoms with Crippen LogP contribution in [0.3, 0.4) is 0 Å². The molecule has 41 heavy (non-hydrogen) atoms. The van der Waals surface area contributed by atoms with Crippen molar-refractivity contribution in [2.24, 2.45) is 0 Å². The minimum absolute atomic E-state index is 1.13. The maximum absolute atomic E-state index is 2.45. The molecule has 0 saturated carbocycles. The zero-order valence-corrected chi connectivity index (χ0v) is 31.1. The number of unbranched alkanes of at least 4 members (excludes halogenated alkanes) is 24. The molecule has 0 aromatic heterocycles. The van der Waals surface area contributed by atoms with Gasteiger partial charge in [-0.1, -0.05) is 39.0 Å². The summed E-state index contributed by atoms with van der Waals surface area (Å²) in [4.78, 5) is 0. The van der Waals surface area contributed by atoms with Crippen molar-refractivity contribution in [1.82, 2.24) is 0 Å². The molecule has 0 N–H and O–H groups in total. The Kier molecular flexibility index (Phi) is 33.7. The van der Waals surface area contributed by atoms with Crippen molar-refractivity contribution in [3.05, 3.63) is 0 Å². The van der Waals surface area contributed by atoms with Gasteiger partial charge in [0.2, 0.25) is 0 Å². The Morgan fingerprint density at radius 3 is 0.902 bits per heavy atom. The van der Waals surface area contributed by atoms with Crippen molar-refractivity contribution in [3.8, 4) is 0 Å². The van der Waals surface area contributed by atoms with E-state index in [1.807, 2.05) is 0 Å². The fraction of sp³-hybridized carbons (Fsp3) is 1.00. The third-order valence-corrected chi connectivity index (χ3v) is 16.9. The van der Waals surface area contributed by atoms with Gasteiger partial charge in [0.05, 0.1) is 0 Å². The van der Waals surface area contributed by atoms with E-state index in [1.54, 1.807) is 37.7 Å². The third-order valence-electron chi connectivity index (χ3n) is 10.5. The van der Waals surface area contributed by atoms with E-state index >= 15 is 0 Å². The molecule has 1 atom stereocenters. The Morgan fingerprint density at radius 1 is 0.268 bits per heavy atom. The van der Waals surface area contributed by atoms with Crippen molar-refractivity contribution >= 4 is 7.26 Å². The first-order valence-electron chi connectivity index (χ1n) is 20.2. The van der Waals surface area contributed by atoms with Crippen LogP contribution in [0.1, 0.15) is 234 Å². The van der Waals surface area contributed by atoms with Gasteiger partial charge in [-0.25, -0.2) is 0 Å². The summed E-state index contributed by atoms with van der Waals surface area (Å²) in [6, 6.07) is 0. The average molecular weight is 597 g/mol. The van der Waals surface area contributed by atoms with E-state index in [0.717, 1.165) is 5.66 Å². The summed E-state index contributed by atoms with van der Waals surface area (Å²) in [7, 11) is -1.19. The molecule has 1 unspecified atom stereocenters. The van der Waals surface area contributed by atoms with Crippen LogP contribution in [-0.4, -0.2) is 24.1 Å². The van der Waals surface area contributed by atoms with Crippen molar-refractivity contribution in [3.63, 3.8) is 0 Å². The number of rotatable bonds is 35. The van der Waals surface area contributed by atoms with Crippen molar-refractivity contribution < 1.29 is 0 Å². The van der Waals surface area contributed by atoms with Gasteiger partial charge in [0, 0.05) is 0 Å². The Labute approximate surface area is 264 Å². The number of hydrogen-bond donors (Lipinski definition) is 0. The fourth-order valence-electron chi connectivity index (χ4n) is 7.63. The molecule has 0 aliphatic heterocycles. The Hall–Kier alpha value is 0.430. The zero-order chi connectivity index (χ0) is 30.1. The second-order valence-electron chi connectivity index (χ2n) is 14.4. The van der Waals surface area contributed by atoms with E-state index in [0.29, 0.717) is 0 Å². The SMILES string of the molecule is CCCCCCCCCCCCCCCCCC[PH](CCCC)(CCCC)C(CCCC)CCCCCCCCC. The summed E-state index contributed by atoms with van der Waals surface area (Å²) < 4.78 is 0. The van der Waals surface area contributed by atoms with Gasteiger partial charge in [-0.05, 0) is 0 Å². The molecule has 250 valence electrons. The van der Waals surface area contributed by atoms with Gasteiger partial charge in [0.25, 0.3) is 0 Å². The topological polar surface area (TPSA) is 0 Å². The van der Waals surface area contributed by atoms with Gasteiger partial charge < -0.3 is 0 Å². The first-order valence-corrected chi connectivity index (χ1v) is 22.9. The average Bonchev–Trinajstić information content (AvgIpc) is 2.99. The first kappa shape index (κ1) is 41.4. The van der Waals surface area contributed by atoms with Crippen LogP contribution in [0.2, 0.25) is 0 Å². The predicted octanol–water partition coefficient (Wildman–Crippen LogP) is 15.3. The van der Waals surface area contributed by atoms with E-state index < -0.39 is 7.26 Å². The summed E-state index contributed by atoms with van der Waals surface area (Å²) in [5.74, 6) is 0. The van der Waals surface area contributed by atoms with Crippen molar-refractivity contribution in [2.75, 3.05) is 18.5 Å². The molecule has 0 aromatic carbocycles. The standard InChI is InChI=1S/C40H85P/c1-6-11-16-18-20-21-22-23-24-25-26-27-28-30-32-34-39-41(37-14-9-4,38-15-10-5)40(35-13-8-3)36-33-31-29-19-17-12-7-2/h40-41H,6-39H2,1-5H3. The quantitative estimate of drug-likeness (QED) is 0.0504. The first-order chi connectivity index (χ1) is 20.2. The van der Waals surface area contributed by atoms with Gasteiger partial charge in [0.1, 0.15) is 0 Å². The Balaban J connectivity index is 4.48. The van der Waals surface area contributed by atoms with Gasteiger partial charge >= 0.3 is 226 Å². The fourth-order valence-corrected chi connectivity index (χ4v) is 14.3. The van der Waals surface area contributed by atoms with Crippen LogP contribution in [-0.2, 0) is 0 Å². The van der Waals surface area contributed by atoms with E-state index in [4.69, 9.17) is 0 Å². The second kappa shape index (κ2) is 33.3. The van der Waals surface area contributed by atoms with Crippen molar-refractivity contribution in [1.29, 1.82) is 0 Å². The molecule has 0 amide bonds. The summed E-state index contributed by atoms with van der Waals surface area (Å²) in [5, 5.41) is 0. The summed E-state index contributed by atoms with van der Waals surface area (Å²) in [6.07, 6.45) is 51.1. The normalized spacial score (nSPS) is 13.2. The van der Waals surface area contributed by atoms with Crippen LogP contribution in [0.4, 0.5) is 0 Å². The summed E-state index contributed by atoms with van der Waals surface area (Å²) in [5.41, 5.74) is 1.13. The van der Waals surface area contributed by atoms with E-state index in [9.17, 15) is 0 Å². The molecule has 0 rings (SSSR count). The molecule has 0 aromatic rings. The molecule has 0 radical (unpaired) electrons. The van der Waals surface area contributed by atoms with Gasteiger partial charge in [-0.15, -0.1) is 0 Å². The molecular weight excluding hydrogens is 511 g/mol. The molecule has 0 aliphatic rings. The molecule has 0 fully saturated rings. The van der Waals surface area contributed by atoms with Gasteiger partial charge in [-0.2, -0.15) is 0 Å². The molecule has 0 aliphatic carbocycles. The summed E-state index contributed by atoms with van der Waals surface area (Å²) in [6.45, 7) is 12.0. The maximum atomic E-state index is 2.45. The van der Waals surface area contributed by atoms with Crippen LogP contribution >= 0.6 is 7.26 Å². The Bertz CT molecular complexity index is 463. The minimum atomic E-state index is -1.19. The van der Waals surface area contributed by atoms with Crippen LogP contribution in [0.15, 0.2) is 0 Å². The molecule has 0 nitrogen and oxygen atoms in total. The van der Waals surface area contributed by atoms with Gasteiger partial charge in [0.15, 0.2) is 0 Å². The van der Waals surface area contributed by atoms with E-state index in [-0.39, 0.29) is 0 Å². The molecule has 1 heteroatoms. The molecule has 0 bridgehead atoms. The van der Waals surface area contributed by atoms with Crippen LogP contribution in [0, 0.1) is 0 Å². The number of hydrogen-bond acceptors (Lipinski definition) is 0. The summed E-state index contributed by atoms with van der Waals surface area (Å²) >= 11 is 0. The van der Waals surface area contributed by atoms with Gasteiger partial charge in [-0.3, -0.25) is 0 Å². The molecular formula is C40H85P. The zero-order valence-electron chi connectivity index (χ0n) is 30.1. The Morgan fingerprint density at radius 2 is 0.537 bits per heavy atom. The predicted molar refractivity (Wildman–Crippen MR) is 198 cm³/mol. The molecule has 0 spiro atoms. The van der Waals surface area contributed by atoms with E-state index in [1.165, 1.54) is 180 Å². The molecule has 0 heterocycles. The van der Waals surface area contributed by atoms with Crippen LogP contribution < -0.4 is 0 Å². The molecule has 0 saturated heterocycles.